The van der Waals surface area contributed by atoms with E-state index in [4.69, 9.17) is 4.52 Å². The SMILES string of the molecule is CC(=O)C1CCC(c2nc(C)no2)C1. The minimum atomic E-state index is 0.201. The van der Waals surface area contributed by atoms with Crippen molar-refractivity contribution < 1.29 is 9.32 Å². The highest BCUT2D eigenvalue weighted by molar-refractivity contribution is 5.78. The summed E-state index contributed by atoms with van der Waals surface area (Å²) in [6.07, 6.45) is 2.82. The van der Waals surface area contributed by atoms with E-state index in [1.54, 1.807) is 6.92 Å². The summed E-state index contributed by atoms with van der Waals surface area (Å²) in [6.45, 7) is 3.47. The molecule has 1 aromatic heterocycles. The van der Waals surface area contributed by atoms with Crippen LogP contribution in [0.25, 0.3) is 0 Å². The zero-order valence-electron chi connectivity index (χ0n) is 8.49. The average molecular weight is 194 g/mol. The van der Waals surface area contributed by atoms with Gasteiger partial charge < -0.3 is 4.52 Å². The van der Waals surface area contributed by atoms with E-state index >= 15 is 0 Å². The first kappa shape index (κ1) is 9.37. The van der Waals surface area contributed by atoms with Crippen LogP contribution < -0.4 is 0 Å². The van der Waals surface area contributed by atoms with E-state index in [-0.39, 0.29) is 11.7 Å². The molecule has 0 aromatic carbocycles. The minimum absolute atomic E-state index is 0.201. The summed E-state index contributed by atoms with van der Waals surface area (Å²) in [5.74, 6) is 2.15. The van der Waals surface area contributed by atoms with Crippen molar-refractivity contribution in [3.05, 3.63) is 11.7 Å². The number of aryl methyl sites for hydroxylation is 1. The molecule has 0 N–H and O–H groups in total. The first-order chi connectivity index (χ1) is 6.66. The summed E-state index contributed by atoms with van der Waals surface area (Å²) >= 11 is 0. The maximum Gasteiger partial charge on any atom is 0.229 e. The van der Waals surface area contributed by atoms with Crippen LogP contribution in [0, 0.1) is 12.8 Å². The Morgan fingerprint density at radius 1 is 1.50 bits per heavy atom. The third kappa shape index (κ3) is 1.69. The topological polar surface area (TPSA) is 56.0 Å². The summed E-state index contributed by atoms with van der Waals surface area (Å²) in [5, 5.41) is 3.76. The molecule has 2 rings (SSSR count). The van der Waals surface area contributed by atoms with E-state index in [9.17, 15) is 4.79 Å². The summed E-state index contributed by atoms with van der Waals surface area (Å²) in [5.41, 5.74) is 0. The molecule has 2 unspecified atom stereocenters. The zero-order valence-corrected chi connectivity index (χ0v) is 8.49. The van der Waals surface area contributed by atoms with Crippen molar-refractivity contribution >= 4 is 5.78 Å². The number of hydrogen-bond acceptors (Lipinski definition) is 4. The van der Waals surface area contributed by atoms with Crippen molar-refractivity contribution in [3.63, 3.8) is 0 Å². The molecule has 0 saturated heterocycles. The number of hydrogen-bond donors (Lipinski definition) is 0. The molecule has 1 aliphatic carbocycles. The fraction of sp³-hybridized carbons (Fsp3) is 0.700. The molecule has 0 spiro atoms. The monoisotopic (exact) mass is 194 g/mol. The molecule has 1 aliphatic rings. The van der Waals surface area contributed by atoms with Crippen molar-refractivity contribution in [3.8, 4) is 0 Å². The van der Waals surface area contributed by atoms with Gasteiger partial charge in [-0.2, -0.15) is 4.98 Å². The van der Waals surface area contributed by atoms with Crippen LogP contribution in [0.3, 0.4) is 0 Å². The van der Waals surface area contributed by atoms with Gasteiger partial charge in [-0.3, -0.25) is 4.79 Å². The Morgan fingerprint density at radius 2 is 2.29 bits per heavy atom. The van der Waals surface area contributed by atoms with Gasteiger partial charge in [0.25, 0.3) is 0 Å². The van der Waals surface area contributed by atoms with Crippen molar-refractivity contribution in [2.24, 2.45) is 5.92 Å². The molecule has 0 aliphatic heterocycles. The van der Waals surface area contributed by atoms with Crippen LogP contribution >= 0.6 is 0 Å². The lowest BCUT2D eigenvalue weighted by Crippen LogP contribution is -2.06. The van der Waals surface area contributed by atoms with Gasteiger partial charge >= 0.3 is 0 Å². The molecule has 4 heteroatoms. The van der Waals surface area contributed by atoms with Crippen molar-refractivity contribution in [1.29, 1.82) is 0 Å². The van der Waals surface area contributed by atoms with E-state index in [1.807, 2.05) is 6.92 Å². The Bertz CT molecular complexity index is 346. The molecule has 1 aromatic rings. The van der Waals surface area contributed by atoms with Gasteiger partial charge in [-0.1, -0.05) is 5.16 Å². The largest absolute Gasteiger partial charge is 0.339 e. The number of aromatic nitrogens is 2. The lowest BCUT2D eigenvalue weighted by Gasteiger charge is -2.03. The van der Waals surface area contributed by atoms with E-state index in [0.29, 0.717) is 17.6 Å². The fourth-order valence-corrected chi connectivity index (χ4v) is 2.05. The molecule has 1 saturated carbocycles. The molecule has 14 heavy (non-hydrogen) atoms. The number of carbonyl (C=O) groups excluding carboxylic acids is 1. The van der Waals surface area contributed by atoms with Crippen LogP contribution in [0.1, 0.15) is 43.8 Å². The number of rotatable bonds is 2. The molecule has 0 radical (unpaired) electrons. The van der Waals surface area contributed by atoms with E-state index in [1.165, 1.54) is 0 Å². The third-order valence-corrected chi connectivity index (χ3v) is 2.90. The first-order valence-corrected chi connectivity index (χ1v) is 4.97. The lowest BCUT2D eigenvalue weighted by molar-refractivity contribution is -0.120. The second-order valence-corrected chi connectivity index (χ2v) is 4.00. The summed E-state index contributed by atoms with van der Waals surface area (Å²) in [4.78, 5) is 15.4. The van der Waals surface area contributed by atoms with Gasteiger partial charge in [-0.15, -0.1) is 0 Å². The number of nitrogens with zero attached hydrogens (tertiary/aromatic N) is 2. The molecule has 4 nitrogen and oxygen atoms in total. The van der Waals surface area contributed by atoms with Crippen LogP contribution in [0.4, 0.5) is 0 Å². The van der Waals surface area contributed by atoms with Gasteiger partial charge in [-0.25, -0.2) is 0 Å². The van der Waals surface area contributed by atoms with E-state index < -0.39 is 0 Å². The van der Waals surface area contributed by atoms with Crippen LogP contribution in [-0.4, -0.2) is 15.9 Å². The summed E-state index contributed by atoms with van der Waals surface area (Å²) < 4.78 is 5.10. The second kappa shape index (κ2) is 3.52. The van der Waals surface area contributed by atoms with Crippen LogP contribution in [0.15, 0.2) is 4.52 Å². The highest BCUT2D eigenvalue weighted by Crippen LogP contribution is 2.37. The Kier molecular flexibility index (Phi) is 2.35. The predicted molar refractivity (Wildman–Crippen MR) is 49.8 cm³/mol. The molecule has 76 valence electrons. The van der Waals surface area contributed by atoms with Crippen molar-refractivity contribution in [2.75, 3.05) is 0 Å². The molecular weight excluding hydrogens is 180 g/mol. The van der Waals surface area contributed by atoms with Gasteiger partial charge in [0, 0.05) is 11.8 Å². The summed E-state index contributed by atoms with van der Waals surface area (Å²) in [7, 11) is 0. The van der Waals surface area contributed by atoms with Gasteiger partial charge in [0.15, 0.2) is 5.82 Å². The Balaban J connectivity index is 2.05. The standard InChI is InChI=1S/C10H14N2O2/c1-6(13)8-3-4-9(5-8)10-11-7(2)12-14-10/h8-9H,3-5H2,1-2H3. The van der Waals surface area contributed by atoms with Gasteiger partial charge in [0.1, 0.15) is 5.78 Å². The number of ketones is 1. The molecular formula is C10H14N2O2. The smallest absolute Gasteiger partial charge is 0.229 e. The van der Waals surface area contributed by atoms with Crippen LogP contribution in [0.5, 0.6) is 0 Å². The van der Waals surface area contributed by atoms with E-state index in [0.717, 1.165) is 19.3 Å². The second-order valence-electron chi connectivity index (χ2n) is 4.00. The highest BCUT2D eigenvalue weighted by atomic mass is 16.5. The van der Waals surface area contributed by atoms with Gasteiger partial charge in [0.2, 0.25) is 5.89 Å². The lowest BCUT2D eigenvalue weighted by atomic mass is 10.0. The molecule has 0 bridgehead atoms. The molecule has 0 amide bonds. The molecule has 1 heterocycles. The Hall–Kier alpha value is -1.19. The predicted octanol–water partition coefficient (Wildman–Crippen LogP) is 1.85. The Labute approximate surface area is 82.7 Å². The van der Waals surface area contributed by atoms with Crippen LogP contribution in [-0.2, 0) is 4.79 Å². The molecule has 2 atom stereocenters. The number of Topliss-reactive ketones (excluding diaryl/α,β-unsaturated/α-hetero) is 1. The quantitative estimate of drug-likeness (QED) is 0.721. The van der Waals surface area contributed by atoms with Crippen molar-refractivity contribution in [1.82, 2.24) is 10.1 Å². The maximum absolute atomic E-state index is 11.2. The Morgan fingerprint density at radius 3 is 2.79 bits per heavy atom. The van der Waals surface area contributed by atoms with Gasteiger partial charge in [0.05, 0.1) is 0 Å². The number of carbonyl (C=O) groups is 1. The van der Waals surface area contributed by atoms with Gasteiger partial charge in [-0.05, 0) is 33.1 Å². The zero-order chi connectivity index (χ0) is 10.1. The fourth-order valence-electron chi connectivity index (χ4n) is 2.05. The van der Waals surface area contributed by atoms with E-state index in [2.05, 4.69) is 10.1 Å². The molecule has 1 fully saturated rings. The maximum atomic E-state index is 11.2. The normalized spacial score (nSPS) is 26.7. The average Bonchev–Trinajstić information content (AvgIpc) is 2.70. The highest BCUT2D eigenvalue weighted by Gasteiger charge is 2.31. The third-order valence-electron chi connectivity index (χ3n) is 2.90. The summed E-state index contributed by atoms with van der Waals surface area (Å²) in [6, 6.07) is 0. The minimum Gasteiger partial charge on any atom is -0.339 e. The first-order valence-electron chi connectivity index (χ1n) is 4.97. The van der Waals surface area contributed by atoms with Crippen LogP contribution in [0.2, 0.25) is 0 Å². The van der Waals surface area contributed by atoms with Crippen molar-refractivity contribution in [2.45, 2.75) is 39.0 Å².